The number of nitrogens with one attached hydrogen (secondary N) is 1. The van der Waals surface area contributed by atoms with Gasteiger partial charge in [-0.3, -0.25) is 9.59 Å². The van der Waals surface area contributed by atoms with Gasteiger partial charge in [0.15, 0.2) is 6.61 Å². The number of rotatable bonds is 6. The SMILES string of the molecule is CCCCC1Cc2c([nH]c3ccccc23)C(c2ccc(F)cc2)N1C(=O)COC(C)=O. The number of esters is 1. The van der Waals surface area contributed by atoms with Gasteiger partial charge in [-0.2, -0.15) is 0 Å². The van der Waals surface area contributed by atoms with E-state index in [4.69, 9.17) is 4.74 Å². The van der Waals surface area contributed by atoms with Crippen molar-refractivity contribution in [1.82, 2.24) is 9.88 Å². The number of nitrogens with zero attached hydrogens (tertiary/aromatic N) is 1. The summed E-state index contributed by atoms with van der Waals surface area (Å²) in [6.45, 7) is 3.12. The van der Waals surface area contributed by atoms with Crippen LogP contribution in [0.2, 0.25) is 0 Å². The molecule has 1 aliphatic rings. The van der Waals surface area contributed by atoms with E-state index in [0.29, 0.717) is 0 Å². The fraction of sp³-hybridized carbons (Fsp3) is 0.360. The molecule has 162 valence electrons. The van der Waals surface area contributed by atoms with Crippen molar-refractivity contribution in [3.8, 4) is 0 Å². The van der Waals surface area contributed by atoms with Crippen LogP contribution in [0, 0.1) is 5.82 Å². The molecule has 3 aromatic rings. The molecular formula is C25H27FN2O3. The number of unbranched alkanes of at least 4 members (excludes halogenated alkanes) is 1. The zero-order valence-electron chi connectivity index (χ0n) is 17.9. The van der Waals surface area contributed by atoms with Crippen LogP contribution in [0.15, 0.2) is 48.5 Å². The Bertz CT molecular complexity index is 1090. The van der Waals surface area contributed by atoms with Crippen LogP contribution >= 0.6 is 0 Å². The van der Waals surface area contributed by atoms with Crippen molar-refractivity contribution in [3.05, 3.63) is 71.2 Å². The van der Waals surface area contributed by atoms with E-state index in [-0.39, 0.29) is 24.4 Å². The number of amides is 1. The maximum atomic E-state index is 13.7. The van der Waals surface area contributed by atoms with Gasteiger partial charge in [-0.05, 0) is 42.2 Å². The quantitative estimate of drug-likeness (QED) is 0.575. The Morgan fingerprint density at radius 3 is 2.61 bits per heavy atom. The number of ether oxygens (including phenoxy) is 1. The molecule has 1 amide bonds. The summed E-state index contributed by atoms with van der Waals surface area (Å²) < 4.78 is 18.7. The van der Waals surface area contributed by atoms with E-state index in [1.165, 1.54) is 24.6 Å². The third kappa shape index (κ3) is 4.20. The Morgan fingerprint density at radius 2 is 1.90 bits per heavy atom. The van der Waals surface area contributed by atoms with Crippen molar-refractivity contribution >= 4 is 22.8 Å². The minimum atomic E-state index is -0.486. The molecule has 0 saturated carbocycles. The highest BCUT2D eigenvalue weighted by Crippen LogP contribution is 2.42. The van der Waals surface area contributed by atoms with Gasteiger partial charge in [-0.1, -0.05) is 50.1 Å². The summed E-state index contributed by atoms with van der Waals surface area (Å²) >= 11 is 0. The van der Waals surface area contributed by atoms with E-state index in [1.54, 1.807) is 12.1 Å². The van der Waals surface area contributed by atoms with Gasteiger partial charge in [0, 0.05) is 29.6 Å². The monoisotopic (exact) mass is 422 g/mol. The molecule has 0 bridgehead atoms. The van der Waals surface area contributed by atoms with Gasteiger partial charge in [0.1, 0.15) is 5.82 Å². The topological polar surface area (TPSA) is 62.4 Å². The van der Waals surface area contributed by atoms with Crippen LogP contribution in [0.5, 0.6) is 0 Å². The van der Waals surface area contributed by atoms with Crippen LogP contribution in [0.25, 0.3) is 10.9 Å². The molecule has 1 N–H and O–H groups in total. The van der Waals surface area contributed by atoms with Gasteiger partial charge in [0.2, 0.25) is 0 Å². The van der Waals surface area contributed by atoms with Crippen molar-refractivity contribution in [1.29, 1.82) is 0 Å². The first kappa shape index (κ1) is 21.1. The van der Waals surface area contributed by atoms with Crippen molar-refractivity contribution in [2.45, 2.75) is 51.6 Å². The standard InChI is InChI=1S/C25H27FN2O3/c1-3-4-7-19-14-21-20-8-5-6-9-22(20)27-24(21)25(17-10-12-18(26)13-11-17)28(19)23(30)15-31-16(2)29/h5-6,8-13,19,25,27H,3-4,7,14-15H2,1-2H3. The molecule has 0 spiro atoms. The summed E-state index contributed by atoms with van der Waals surface area (Å²) in [6, 6.07) is 14.0. The number of carbonyl (C=O) groups excluding carboxylic acids is 2. The van der Waals surface area contributed by atoms with Crippen LogP contribution in [0.1, 0.15) is 56.0 Å². The van der Waals surface area contributed by atoms with Crippen LogP contribution < -0.4 is 0 Å². The van der Waals surface area contributed by atoms with Gasteiger partial charge in [-0.25, -0.2) is 4.39 Å². The second kappa shape index (κ2) is 8.92. The van der Waals surface area contributed by atoms with E-state index in [9.17, 15) is 14.0 Å². The Labute approximate surface area is 181 Å². The van der Waals surface area contributed by atoms with Crippen molar-refractivity contribution in [2.24, 2.45) is 0 Å². The molecule has 0 saturated heterocycles. The highest BCUT2D eigenvalue weighted by molar-refractivity contribution is 5.87. The summed E-state index contributed by atoms with van der Waals surface area (Å²) in [5.74, 6) is -1.05. The molecule has 1 aliphatic heterocycles. The summed E-state index contributed by atoms with van der Waals surface area (Å²) in [4.78, 5) is 30.0. The molecule has 2 atom stereocenters. The number of hydrogen-bond acceptors (Lipinski definition) is 3. The summed E-state index contributed by atoms with van der Waals surface area (Å²) in [5, 5.41) is 1.15. The number of benzene rings is 2. The van der Waals surface area contributed by atoms with Crippen molar-refractivity contribution < 1.29 is 18.7 Å². The number of halogens is 1. The fourth-order valence-corrected chi connectivity index (χ4v) is 4.60. The number of fused-ring (bicyclic) bond motifs is 3. The molecule has 6 heteroatoms. The molecule has 4 rings (SSSR count). The van der Waals surface area contributed by atoms with Gasteiger partial charge >= 0.3 is 5.97 Å². The lowest BCUT2D eigenvalue weighted by Crippen LogP contribution is -2.49. The van der Waals surface area contributed by atoms with E-state index >= 15 is 0 Å². The van der Waals surface area contributed by atoms with E-state index in [1.807, 2.05) is 23.1 Å². The number of para-hydroxylation sites is 1. The van der Waals surface area contributed by atoms with Crippen molar-refractivity contribution in [2.75, 3.05) is 6.61 Å². The average Bonchev–Trinajstić information content (AvgIpc) is 3.14. The lowest BCUT2D eigenvalue weighted by atomic mass is 9.86. The van der Waals surface area contributed by atoms with Crippen LogP contribution in [-0.4, -0.2) is 34.4 Å². The lowest BCUT2D eigenvalue weighted by Gasteiger charge is -2.42. The predicted octanol–water partition coefficient (Wildman–Crippen LogP) is 4.90. The van der Waals surface area contributed by atoms with E-state index in [2.05, 4.69) is 18.0 Å². The zero-order chi connectivity index (χ0) is 22.0. The minimum Gasteiger partial charge on any atom is -0.456 e. The highest BCUT2D eigenvalue weighted by Gasteiger charge is 2.40. The van der Waals surface area contributed by atoms with Crippen LogP contribution in [0.4, 0.5) is 4.39 Å². The average molecular weight is 423 g/mol. The number of H-pyrrole nitrogens is 1. The summed E-state index contributed by atoms with van der Waals surface area (Å²) in [5.41, 5.74) is 3.98. The molecule has 0 radical (unpaired) electrons. The first-order chi connectivity index (χ1) is 15.0. The van der Waals surface area contributed by atoms with Gasteiger partial charge in [0.25, 0.3) is 5.91 Å². The summed E-state index contributed by atoms with van der Waals surface area (Å²) in [6.07, 6.45) is 3.57. The fourth-order valence-electron chi connectivity index (χ4n) is 4.60. The molecule has 0 aliphatic carbocycles. The normalized spacial score (nSPS) is 18.1. The molecule has 2 aromatic carbocycles. The third-order valence-corrected chi connectivity index (χ3v) is 5.99. The largest absolute Gasteiger partial charge is 0.456 e. The minimum absolute atomic E-state index is 0.0373. The maximum absolute atomic E-state index is 13.7. The number of hydrogen-bond donors (Lipinski definition) is 1. The first-order valence-corrected chi connectivity index (χ1v) is 10.8. The molecule has 31 heavy (non-hydrogen) atoms. The number of aromatic amines is 1. The van der Waals surface area contributed by atoms with E-state index < -0.39 is 12.0 Å². The number of aromatic nitrogens is 1. The Kier molecular flexibility index (Phi) is 6.07. The number of carbonyl (C=O) groups is 2. The maximum Gasteiger partial charge on any atom is 0.303 e. The van der Waals surface area contributed by atoms with Gasteiger partial charge in [-0.15, -0.1) is 0 Å². The Hall–Kier alpha value is -3.15. The lowest BCUT2D eigenvalue weighted by molar-refractivity contribution is -0.152. The van der Waals surface area contributed by atoms with E-state index in [0.717, 1.165) is 47.8 Å². The van der Waals surface area contributed by atoms with Crippen LogP contribution in [0.3, 0.4) is 0 Å². The van der Waals surface area contributed by atoms with Gasteiger partial charge in [0.05, 0.1) is 6.04 Å². The Balaban J connectivity index is 1.85. The second-order valence-electron chi connectivity index (χ2n) is 8.10. The van der Waals surface area contributed by atoms with Crippen molar-refractivity contribution in [3.63, 3.8) is 0 Å². The molecular weight excluding hydrogens is 395 g/mol. The highest BCUT2D eigenvalue weighted by atomic mass is 19.1. The molecule has 5 nitrogen and oxygen atoms in total. The molecule has 1 aromatic heterocycles. The molecule has 2 unspecified atom stereocenters. The molecule has 0 fully saturated rings. The Morgan fingerprint density at radius 1 is 1.16 bits per heavy atom. The molecule has 2 heterocycles. The smallest absolute Gasteiger partial charge is 0.303 e. The first-order valence-electron chi connectivity index (χ1n) is 10.8. The zero-order valence-corrected chi connectivity index (χ0v) is 17.9. The summed E-state index contributed by atoms with van der Waals surface area (Å²) in [7, 11) is 0. The second-order valence-corrected chi connectivity index (χ2v) is 8.10. The van der Waals surface area contributed by atoms with Gasteiger partial charge < -0.3 is 14.6 Å². The third-order valence-electron chi connectivity index (χ3n) is 5.99. The predicted molar refractivity (Wildman–Crippen MR) is 117 cm³/mol. The van der Waals surface area contributed by atoms with Crippen LogP contribution in [-0.2, 0) is 20.7 Å².